The van der Waals surface area contributed by atoms with Crippen molar-refractivity contribution < 1.29 is 0 Å². The number of hydrogen-bond donors (Lipinski definition) is 0. The van der Waals surface area contributed by atoms with Gasteiger partial charge in [0, 0.05) is 8.07 Å². The van der Waals surface area contributed by atoms with Gasteiger partial charge in [0.1, 0.15) is 0 Å². The van der Waals surface area contributed by atoms with Crippen molar-refractivity contribution >= 4 is 8.07 Å². The summed E-state index contributed by atoms with van der Waals surface area (Å²) in [4.78, 5) is 0. The Morgan fingerprint density at radius 1 is 1.14 bits per heavy atom. The Balaban J connectivity index is 1.93. The molecule has 1 unspecified atom stereocenters. The largest absolute Gasteiger partial charge is 0.103 e. The summed E-state index contributed by atoms with van der Waals surface area (Å²) in [6, 6.07) is 12.2. The standard InChI is InChI=1S/C20H30Si/c1-5-19-15-18(12-9-13-21(2,3)4)16-20(19)14-17-10-7-6-8-11-17/h5-12,18-20H,1,13-16H2,2-4H3/b12-9+/t18-,19+,20?/m0/s1. The molecule has 114 valence electrons. The summed E-state index contributed by atoms with van der Waals surface area (Å²) in [5.41, 5.74) is 1.47. The minimum atomic E-state index is -0.939. The smallest absolute Gasteiger partial charge is 0.0480 e. The van der Waals surface area contributed by atoms with Gasteiger partial charge in [0.2, 0.25) is 0 Å². The van der Waals surface area contributed by atoms with Crippen LogP contribution in [0.15, 0.2) is 55.1 Å². The van der Waals surface area contributed by atoms with Crippen molar-refractivity contribution in [2.24, 2.45) is 17.8 Å². The van der Waals surface area contributed by atoms with E-state index >= 15 is 0 Å². The van der Waals surface area contributed by atoms with E-state index in [0.717, 1.165) is 11.8 Å². The van der Waals surface area contributed by atoms with Crippen LogP contribution in [0.3, 0.4) is 0 Å². The van der Waals surface area contributed by atoms with Gasteiger partial charge in [-0.25, -0.2) is 0 Å². The third kappa shape index (κ3) is 5.31. The van der Waals surface area contributed by atoms with Crippen LogP contribution in [0.2, 0.25) is 25.7 Å². The van der Waals surface area contributed by atoms with E-state index in [1.165, 1.54) is 30.9 Å². The molecule has 1 aromatic carbocycles. The van der Waals surface area contributed by atoms with Gasteiger partial charge in [0.15, 0.2) is 0 Å². The maximum absolute atomic E-state index is 4.07. The van der Waals surface area contributed by atoms with Crippen LogP contribution in [0.5, 0.6) is 0 Å². The molecule has 3 atom stereocenters. The maximum Gasteiger partial charge on any atom is 0.0480 e. The third-order valence-electron chi connectivity index (χ3n) is 4.57. The fourth-order valence-corrected chi connectivity index (χ4v) is 4.26. The molecule has 0 aromatic heterocycles. The first-order valence-corrected chi connectivity index (χ1v) is 12.0. The van der Waals surface area contributed by atoms with Crippen LogP contribution in [-0.4, -0.2) is 8.07 Å². The fourth-order valence-electron chi connectivity index (χ4n) is 3.41. The van der Waals surface area contributed by atoms with Gasteiger partial charge in [-0.3, -0.25) is 0 Å². The molecule has 0 N–H and O–H groups in total. The van der Waals surface area contributed by atoms with Gasteiger partial charge in [-0.05, 0) is 48.6 Å². The van der Waals surface area contributed by atoms with E-state index in [1.807, 2.05) is 0 Å². The first-order chi connectivity index (χ1) is 9.98. The average Bonchev–Trinajstić information content (AvgIpc) is 2.80. The highest BCUT2D eigenvalue weighted by Gasteiger charge is 2.30. The number of rotatable bonds is 6. The van der Waals surface area contributed by atoms with E-state index < -0.39 is 8.07 Å². The zero-order valence-corrected chi connectivity index (χ0v) is 14.9. The Hall–Kier alpha value is -1.08. The SMILES string of the molecule is C=C[C@@H]1C[C@H](/C=C/C[Si](C)(C)C)CC1Cc1ccccc1. The van der Waals surface area contributed by atoms with Gasteiger partial charge >= 0.3 is 0 Å². The highest BCUT2D eigenvalue weighted by molar-refractivity contribution is 6.76. The summed E-state index contributed by atoms with van der Waals surface area (Å²) >= 11 is 0. The Labute approximate surface area is 132 Å². The monoisotopic (exact) mass is 298 g/mol. The molecule has 0 aliphatic heterocycles. The molecule has 1 aliphatic carbocycles. The second-order valence-corrected chi connectivity index (χ2v) is 13.3. The van der Waals surface area contributed by atoms with Crippen molar-refractivity contribution in [1.82, 2.24) is 0 Å². The van der Waals surface area contributed by atoms with E-state index in [0.29, 0.717) is 5.92 Å². The molecule has 21 heavy (non-hydrogen) atoms. The molecule has 2 rings (SSSR count). The first-order valence-electron chi connectivity index (χ1n) is 8.31. The van der Waals surface area contributed by atoms with Gasteiger partial charge in [-0.2, -0.15) is 0 Å². The van der Waals surface area contributed by atoms with Gasteiger partial charge in [0.25, 0.3) is 0 Å². The maximum atomic E-state index is 4.07. The Kier molecular flexibility index (Phi) is 5.63. The van der Waals surface area contributed by atoms with Gasteiger partial charge in [0.05, 0.1) is 0 Å². The predicted octanol–water partition coefficient (Wildman–Crippen LogP) is 5.95. The van der Waals surface area contributed by atoms with Crippen molar-refractivity contribution in [3.8, 4) is 0 Å². The van der Waals surface area contributed by atoms with Crippen LogP contribution in [0.25, 0.3) is 0 Å². The van der Waals surface area contributed by atoms with Gasteiger partial charge in [-0.1, -0.05) is 68.2 Å². The molecule has 1 heteroatoms. The molecule has 0 spiro atoms. The van der Waals surface area contributed by atoms with E-state index in [9.17, 15) is 0 Å². The lowest BCUT2D eigenvalue weighted by Gasteiger charge is -2.15. The van der Waals surface area contributed by atoms with Gasteiger partial charge in [-0.15, -0.1) is 6.58 Å². The van der Waals surface area contributed by atoms with Crippen molar-refractivity contribution in [2.75, 3.05) is 0 Å². The number of allylic oxidation sites excluding steroid dienone is 3. The van der Waals surface area contributed by atoms with Crippen LogP contribution in [0, 0.1) is 17.8 Å². The molecule has 1 aliphatic rings. The minimum absolute atomic E-state index is 0.687. The summed E-state index contributed by atoms with van der Waals surface area (Å²) in [5.74, 6) is 2.22. The minimum Gasteiger partial charge on any atom is -0.103 e. The van der Waals surface area contributed by atoms with Crippen molar-refractivity contribution in [2.45, 2.75) is 44.9 Å². The summed E-state index contributed by atoms with van der Waals surface area (Å²) in [6.07, 6.45) is 11.0. The van der Waals surface area contributed by atoms with Crippen LogP contribution in [-0.2, 0) is 6.42 Å². The predicted molar refractivity (Wildman–Crippen MR) is 97.3 cm³/mol. The topological polar surface area (TPSA) is 0 Å². The second-order valence-electron chi connectivity index (χ2n) is 7.77. The van der Waals surface area contributed by atoms with E-state index in [1.54, 1.807) is 0 Å². The fraction of sp³-hybridized carbons (Fsp3) is 0.500. The van der Waals surface area contributed by atoms with Crippen LogP contribution in [0.1, 0.15) is 18.4 Å². The van der Waals surface area contributed by atoms with Crippen LogP contribution in [0.4, 0.5) is 0 Å². The van der Waals surface area contributed by atoms with E-state index in [2.05, 4.69) is 74.8 Å². The Bertz CT molecular complexity index is 466. The van der Waals surface area contributed by atoms with Gasteiger partial charge < -0.3 is 0 Å². The Morgan fingerprint density at radius 3 is 2.48 bits per heavy atom. The number of hydrogen-bond acceptors (Lipinski definition) is 0. The molecule has 0 heterocycles. The number of benzene rings is 1. The van der Waals surface area contributed by atoms with E-state index in [4.69, 9.17) is 0 Å². The molecular formula is C20H30Si. The zero-order chi connectivity index (χ0) is 15.3. The molecule has 1 saturated carbocycles. The summed E-state index contributed by atoms with van der Waals surface area (Å²) in [7, 11) is -0.939. The molecule has 1 fully saturated rings. The van der Waals surface area contributed by atoms with Crippen molar-refractivity contribution in [1.29, 1.82) is 0 Å². The Morgan fingerprint density at radius 2 is 1.86 bits per heavy atom. The molecule has 0 amide bonds. The molecule has 0 radical (unpaired) electrons. The zero-order valence-electron chi connectivity index (χ0n) is 13.9. The molecule has 0 nitrogen and oxygen atoms in total. The molecule has 1 aromatic rings. The van der Waals surface area contributed by atoms with Crippen LogP contribution < -0.4 is 0 Å². The average molecular weight is 299 g/mol. The van der Waals surface area contributed by atoms with Crippen LogP contribution >= 0.6 is 0 Å². The van der Waals surface area contributed by atoms with E-state index in [-0.39, 0.29) is 0 Å². The molecule has 0 saturated heterocycles. The normalized spacial score (nSPS) is 26.3. The molecule has 0 bridgehead atoms. The highest BCUT2D eigenvalue weighted by atomic mass is 28.3. The lowest BCUT2D eigenvalue weighted by molar-refractivity contribution is 0.455. The summed E-state index contributed by atoms with van der Waals surface area (Å²) in [5, 5.41) is 0. The highest BCUT2D eigenvalue weighted by Crippen LogP contribution is 2.39. The van der Waals surface area contributed by atoms with Crippen molar-refractivity contribution in [3.63, 3.8) is 0 Å². The summed E-state index contributed by atoms with van der Waals surface area (Å²) < 4.78 is 0. The van der Waals surface area contributed by atoms with Crippen molar-refractivity contribution in [3.05, 3.63) is 60.7 Å². The lowest BCUT2D eigenvalue weighted by Crippen LogP contribution is -2.17. The first kappa shape index (κ1) is 16.3. The lowest BCUT2D eigenvalue weighted by atomic mass is 9.90. The quantitative estimate of drug-likeness (QED) is 0.449. The summed E-state index contributed by atoms with van der Waals surface area (Å²) in [6.45, 7) is 11.4. The third-order valence-corrected chi connectivity index (χ3v) is 6.03. The molecular weight excluding hydrogens is 268 g/mol. The second kappa shape index (κ2) is 7.26.